The van der Waals surface area contributed by atoms with Gasteiger partial charge in [0.25, 0.3) is 0 Å². The van der Waals surface area contributed by atoms with Crippen LogP contribution in [-0.2, 0) is 4.79 Å². The maximum Gasteiger partial charge on any atom is 0.304 e. The fraction of sp³-hybridized carbons (Fsp3) is 0.462. The van der Waals surface area contributed by atoms with Crippen LogP contribution in [0.2, 0.25) is 0 Å². The van der Waals surface area contributed by atoms with Gasteiger partial charge in [0.05, 0.1) is 26.7 Å². The maximum absolute atomic E-state index is 10.3. The molecule has 19 heavy (non-hydrogen) atoms. The van der Waals surface area contributed by atoms with Gasteiger partial charge >= 0.3 is 5.97 Å². The number of aliphatic hydroxyl groups excluding tert-OH is 1. The van der Waals surface area contributed by atoms with Gasteiger partial charge < -0.3 is 25.0 Å². The minimum Gasteiger partial charge on any atom is -0.497 e. The molecule has 3 N–H and O–H groups in total. The Labute approximate surface area is 112 Å². The number of methoxy groups -OCH3 is 2. The summed E-state index contributed by atoms with van der Waals surface area (Å²) in [6.45, 7) is 0.570. The quantitative estimate of drug-likeness (QED) is 0.605. The molecule has 106 valence electrons. The SMILES string of the molecule is COc1ccc(C(O)CNCCC(=O)O)c(OC)c1. The Morgan fingerprint density at radius 1 is 1.37 bits per heavy atom. The Balaban J connectivity index is 2.60. The highest BCUT2D eigenvalue weighted by molar-refractivity contribution is 5.66. The molecule has 0 radical (unpaired) electrons. The first kappa shape index (κ1) is 15.3. The molecule has 0 heterocycles. The lowest BCUT2D eigenvalue weighted by Crippen LogP contribution is -2.24. The van der Waals surface area contributed by atoms with Gasteiger partial charge in [-0.1, -0.05) is 0 Å². The number of carboxylic acid groups (broad SMARTS) is 1. The zero-order chi connectivity index (χ0) is 14.3. The van der Waals surface area contributed by atoms with Crippen LogP contribution in [0.3, 0.4) is 0 Å². The number of benzene rings is 1. The average Bonchev–Trinajstić information content (AvgIpc) is 2.42. The molecule has 0 amide bonds. The Morgan fingerprint density at radius 2 is 2.11 bits per heavy atom. The third-order valence-electron chi connectivity index (χ3n) is 2.65. The number of aliphatic hydroxyl groups is 1. The monoisotopic (exact) mass is 269 g/mol. The molecule has 6 heteroatoms. The van der Waals surface area contributed by atoms with Gasteiger partial charge in [0.15, 0.2) is 0 Å². The van der Waals surface area contributed by atoms with E-state index in [9.17, 15) is 9.90 Å². The smallest absolute Gasteiger partial charge is 0.304 e. The summed E-state index contributed by atoms with van der Waals surface area (Å²) in [4.78, 5) is 10.3. The number of nitrogens with one attached hydrogen (secondary N) is 1. The van der Waals surface area contributed by atoms with Crippen molar-refractivity contribution in [1.29, 1.82) is 0 Å². The van der Waals surface area contributed by atoms with E-state index in [1.54, 1.807) is 25.3 Å². The first-order chi connectivity index (χ1) is 9.08. The fourth-order valence-corrected chi connectivity index (χ4v) is 1.64. The molecule has 1 rings (SSSR count). The minimum absolute atomic E-state index is 0.0203. The van der Waals surface area contributed by atoms with Crippen molar-refractivity contribution in [1.82, 2.24) is 5.32 Å². The van der Waals surface area contributed by atoms with Crippen LogP contribution in [0.1, 0.15) is 18.1 Å². The van der Waals surface area contributed by atoms with Crippen molar-refractivity contribution in [2.24, 2.45) is 0 Å². The second kappa shape index (κ2) is 7.60. The highest BCUT2D eigenvalue weighted by Crippen LogP contribution is 2.29. The molecule has 0 aliphatic heterocycles. The van der Waals surface area contributed by atoms with Crippen LogP contribution < -0.4 is 14.8 Å². The summed E-state index contributed by atoms with van der Waals surface area (Å²) in [5.41, 5.74) is 0.631. The van der Waals surface area contributed by atoms with E-state index < -0.39 is 12.1 Å². The number of rotatable bonds is 8. The van der Waals surface area contributed by atoms with Gasteiger partial charge in [-0.05, 0) is 12.1 Å². The lowest BCUT2D eigenvalue weighted by Gasteiger charge is -2.16. The summed E-state index contributed by atoms with van der Waals surface area (Å²) in [6, 6.07) is 5.15. The summed E-state index contributed by atoms with van der Waals surface area (Å²) in [5, 5.41) is 21.4. The number of carbonyl (C=O) groups is 1. The summed E-state index contributed by atoms with van der Waals surface area (Å²) >= 11 is 0. The van der Waals surface area contributed by atoms with Crippen molar-refractivity contribution in [2.75, 3.05) is 27.3 Å². The van der Waals surface area contributed by atoms with Crippen LogP contribution in [0.15, 0.2) is 18.2 Å². The van der Waals surface area contributed by atoms with Gasteiger partial charge in [-0.3, -0.25) is 4.79 Å². The van der Waals surface area contributed by atoms with Crippen molar-refractivity contribution < 1.29 is 24.5 Å². The molecule has 0 aromatic heterocycles. The molecule has 0 aliphatic carbocycles. The molecule has 0 fully saturated rings. The Bertz CT molecular complexity index is 421. The van der Waals surface area contributed by atoms with Crippen molar-refractivity contribution in [3.63, 3.8) is 0 Å². The predicted molar refractivity (Wildman–Crippen MR) is 69.6 cm³/mol. The van der Waals surface area contributed by atoms with E-state index in [2.05, 4.69) is 5.32 Å². The molecule has 1 aromatic rings. The number of hydrogen-bond acceptors (Lipinski definition) is 5. The van der Waals surface area contributed by atoms with E-state index in [4.69, 9.17) is 14.6 Å². The van der Waals surface area contributed by atoms with Crippen LogP contribution in [0.5, 0.6) is 11.5 Å². The number of aliphatic carboxylic acids is 1. The summed E-state index contributed by atoms with van der Waals surface area (Å²) < 4.78 is 10.3. The van der Waals surface area contributed by atoms with Gasteiger partial charge in [-0.15, -0.1) is 0 Å². The van der Waals surface area contributed by atoms with Gasteiger partial charge in [0.1, 0.15) is 11.5 Å². The number of ether oxygens (including phenoxy) is 2. The molecule has 6 nitrogen and oxygen atoms in total. The average molecular weight is 269 g/mol. The van der Waals surface area contributed by atoms with E-state index >= 15 is 0 Å². The van der Waals surface area contributed by atoms with E-state index in [0.29, 0.717) is 23.6 Å². The molecule has 1 unspecified atom stereocenters. The highest BCUT2D eigenvalue weighted by Gasteiger charge is 2.13. The topological polar surface area (TPSA) is 88.0 Å². The lowest BCUT2D eigenvalue weighted by atomic mass is 10.1. The van der Waals surface area contributed by atoms with Crippen LogP contribution in [0.4, 0.5) is 0 Å². The van der Waals surface area contributed by atoms with E-state index in [-0.39, 0.29) is 13.0 Å². The van der Waals surface area contributed by atoms with E-state index in [1.165, 1.54) is 7.11 Å². The first-order valence-corrected chi connectivity index (χ1v) is 5.91. The normalized spacial score (nSPS) is 11.9. The zero-order valence-electron chi connectivity index (χ0n) is 11.0. The second-order valence-electron chi connectivity index (χ2n) is 3.97. The fourth-order valence-electron chi connectivity index (χ4n) is 1.64. The summed E-state index contributed by atoms with van der Waals surface area (Å²) in [6.07, 6.45) is -0.749. The predicted octanol–water partition coefficient (Wildman–Crippen LogP) is 0.801. The molecule has 0 bridgehead atoms. The lowest BCUT2D eigenvalue weighted by molar-refractivity contribution is -0.136. The van der Waals surface area contributed by atoms with Crippen LogP contribution in [0, 0.1) is 0 Å². The van der Waals surface area contributed by atoms with Gasteiger partial charge in [0, 0.05) is 24.7 Å². The van der Waals surface area contributed by atoms with Crippen molar-refractivity contribution in [3.05, 3.63) is 23.8 Å². The molecule has 0 spiro atoms. The molecular formula is C13H19NO5. The van der Waals surface area contributed by atoms with Gasteiger partial charge in [-0.25, -0.2) is 0 Å². The summed E-state index contributed by atoms with van der Waals surface area (Å²) in [7, 11) is 3.07. The Morgan fingerprint density at radius 3 is 2.68 bits per heavy atom. The molecular weight excluding hydrogens is 250 g/mol. The van der Waals surface area contributed by atoms with E-state index in [1.807, 2.05) is 0 Å². The zero-order valence-corrected chi connectivity index (χ0v) is 11.0. The Hall–Kier alpha value is -1.79. The molecule has 1 atom stereocenters. The molecule has 0 aliphatic rings. The molecule has 0 saturated heterocycles. The highest BCUT2D eigenvalue weighted by atomic mass is 16.5. The summed E-state index contributed by atoms with van der Waals surface area (Å²) in [5.74, 6) is 0.308. The van der Waals surface area contributed by atoms with Crippen LogP contribution in [-0.4, -0.2) is 43.5 Å². The van der Waals surface area contributed by atoms with E-state index in [0.717, 1.165) is 0 Å². The Kier molecular flexibility index (Phi) is 6.11. The van der Waals surface area contributed by atoms with Crippen LogP contribution >= 0.6 is 0 Å². The first-order valence-electron chi connectivity index (χ1n) is 5.91. The van der Waals surface area contributed by atoms with Crippen molar-refractivity contribution >= 4 is 5.97 Å². The third-order valence-corrected chi connectivity index (χ3v) is 2.65. The number of carboxylic acids is 1. The second-order valence-corrected chi connectivity index (χ2v) is 3.97. The largest absolute Gasteiger partial charge is 0.497 e. The molecule has 0 saturated carbocycles. The van der Waals surface area contributed by atoms with Gasteiger partial charge in [0.2, 0.25) is 0 Å². The molecule has 1 aromatic carbocycles. The maximum atomic E-state index is 10.3. The van der Waals surface area contributed by atoms with Crippen molar-refractivity contribution in [2.45, 2.75) is 12.5 Å². The van der Waals surface area contributed by atoms with Crippen LogP contribution in [0.25, 0.3) is 0 Å². The minimum atomic E-state index is -0.871. The standard InChI is InChI=1S/C13H19NO5/c1-18-9-3-4-10(12(7-9)19-2)11(15)8-14-6-5-13(16)17/h3-4,7,11,14-15H,5-6,8H2,1-2H3,(H,16,17). The van der Waals surface area contributed by atoms with Crippen molar-refractivity contribution in [3.8, 4) is 11.5 Å². The third kappa shape index (κ3) is 4.76. The number of hydrogen-bond donors (Lipinski definition) is 3. The van der Waals surface area contributed by atoms with Gasteiger partial charge in [-0.2, -0.15) is 0 Å².